The Balaban J connectivity index is 0.00000128. The summed E-state index contributed by atoms with van der Waals surface area (Å²) in [5.74, 6) is 0. The molecule has 0 saturated carbocycles. The molecule has 0 saturated heterocycles. The van der Waals surface area contributed by atoms with Gasteiger partial charge in [0, 0.05) is 23.0 Å². The molecule has 0 aliphatic heterocycles. The van der Waals surface area contributed by atoms with Crippen LogP contribution in [0.2, 0.25) is 5.02 Å². The summed E-state index contributed by atoms with van der Waals surface area (Å²) >= 11 is 7.67. The molecule has 0 aliphatic carbocycles. The predicted octanol–water partition coefficient (Wildman–Crippen LogP) is 0.695. The molecule has 2 aromatic rings. The zero-order valence-electron chi connectivity index (χ0n) is 8.62. The smallest absolute Gasteiger partial charge is 0.0409 e. The molecule has 1 aromatic heterocycles. The maximum absolute atomic E-state index is 5.90. The topological polar surface area (TPSA) is 12.0 Å². The van der Waals surface area contributed by atoms with Gasteiger partial charge in [0.05, 0.1) is 0 Å². The zero-order valence-corrected chi connectivity index (χ0v) is 10.9. The molecule has 0 atom stereocenters. The van der Waals surface area contributed by atoms with Gasteiger partial charge in [-0.25, -0.2) is 0 Å². The Bertz CT molecular complexity index is 415. The molecule has 0 spiro atoms. The van der Waals surface area contributed by atoms with Gasteiger partial charge in [0.2, 0.25) is 0 Å². The van der Waals surface area contributed by atoms with Crippen molar-refractivity contribution in [3.05, 3.63) is 57.2 Å². The van der Waals surface area contributed by atoms with Crippen molar-refractivity contribution in [1.82, 2.24) is 5.32 Å². The highest BCUT2D eigenvalue weighted by Crippen LogP contribution is 2.11. The van der Waals surface area contributed by atoms with E-state index < -0.39 is 0 Å². The van der Waals surface area contributed by atoms with Crippen molar-refractivity contribution in [3.63, 3.8) is 0 Å². The van der Waals surface area contributed by atoms with Crippen LogP contribution in [0.1, 0.15) is 10.4 Å². The van der Waals surface area contributed by atoms with Crippen molar-refractivity contribution in [2.24, 2.45) is 0 Å². The van der Waals surface area contributed by atoms with Gasteiger partial charge in [0.1, 0.15) is 0 Å². The van der Waals surface area contributed by atoms with Crippen LogP contribution in [0, 0.1) is 0 Å². The predicted molar refractivity (Wildman–Crippen MR) is 66.3 cm³/mol. The Morgan fingerprint density at radius 2 is 2.00 bits per heavy atom. The highest BCUT2D eigenvalue weighted by Gasteiger charge is 1.95. The summed E-state index contributed by atoms with van der Waals surface area (Å²) in [7, 11) is 0. The first kappa shape index (κ1) is 13.5. The maximum Gasteiger partial charge on any atom is 0.0409 e. The van der Waals surface area contributed by atoms with Gasteiger partial charge in [-0.15, -0.1) is 11.3 Å². The van der Waals surface area contributed by atoms with Gasteiger partial charge in [0.15, 0.2) is 0 Å². The van der Waals surface area contributed by atoms with Crippen molar-refractivity contribution in [2.45, 2.75) is 13.1 Å². The van der Waals surface area contributed by atoms with E-state index in [0.717, 1.165) is 18.1 Å². The maximum atomic E-state index is 5.90. The number of thiophene rings is 1. The van der Waals surface area contributed by atoms with E-state index in [0.29, 0.717) is 0 Å². The van der Waals surface area contributed by atoms with Crippen LogP contribution in [0.4, 0.5) is 0 Å². The molecule has 1 nitrogen and oxygen atoms in total. The summed E-state index contributed by atoms with van der Waals surface area (Å²) in [6.07, 6.45) is 0. The van der Waals surface area contributed by atoms with Gasteiger partial charge in [0.25, 0.3) is 0 Å². The molecule has 0 bridgehead atoms. The van der Waals surface area contributed by atoms with Gasteiger partial charge < -0.3 is 17.7 Å². The molecule has 16 heavy (non-hydrogen) atoms. The summed E-state index contributed by atoms with van der Waals surface area (Å²) in [4.78, 5) is 1.36. The van der Waals surface area contributed by atoms with Crippen molar-refractivity contribution >= 4 is 22.9 Å². The number of hydrogen-bond donors (Lipinski definition) is 1. The number of nitrogens with one attached hydrogen (secondary N) is 1. The number of benzene rings is 1. The van der Waals surface area contributed by atoms with E-state index in [1.54, 1.807) is 11.3 Å². The molecule has 0 amide bonds. The molecule has 2 rings (SSSR count). The lowest BCUT2D eigenvalue weighted by atomic mass is 10.2. The molecule has 0 fully saturated rings. The number of rotatable bonds is 4. The molecule has 86 valence electrons. The first-order valence-corrected chi connectivity index (χ1v) is 6.08. The average molecular weight is 273 g/mol. The summed E-state index contributed by atoms with van der Waals surface area (Å²) in [6, 6.07) is 12.1. The van der Waals surface area contributed by atoms with Gasteiger partial charge in [-0.3, -0.25) is 0 Å². The van der Waals surface area contributed by atoms with E-state index in [9.17, 15) is 0 Å². The second kappa shape index (κ2) is 6.92. The fourth-order valence-electron chi connectivity index (χ4n) is 1.39. The molecule has 1 heterocycles. The van der Waals surface area contributed by atoms with Crippen LogP contribution in [0.5, 0.6) is 0 Å². The van der Waals surface area contributed by atoms with E-state index in [1.807, 2.05) is 18.2 Å². The lowest BCUT2D eigenvalue weighted by molar-refractivity contribution is -0.00000288. The van der Waals surface area contributed by atoms with Gasteiger partial charge in [-0.05, 0) is 29.1 Å². The molecule has 0 radical (unpaired) electrons. The minimum Gasteiger partial charge on any atom is -1.00 e. The fourth-order valence-corrected chi connectivity index (χ4v) is 2.28. The lowest BCUT2D eigenvalue weighted by Gasteiger charge is -2.03. The SMILES string of the molecule is Clc1cccc(CNCc2cccs2)c1.[Cl-]. The normalized spacial score (nSPS) is 9.81. The first-order chi connectivity index (χ1) is 7.34. The summed E-state index contributed by atoms with van der Waals surface area (Å²) in [6.45, 7) is 1.78. The Labute approximate surface area is 111 Å². The minimum atomic E-state index is 0. The lowest BCUT2D eigenvalue weighted by Crippen LogP contribution is -3.00. The molecule has 1 N–H and O–H groups in total. The van der Waals surface area contributed by atoms with Crippen LogP contribution >= 0.6 is 22.9 Å². The highest BCUT2D eigenvalue weighted by atomic mass is 35.5. The molecular formula is C12H12Cl2NS-. The standard InChI is InChI=1S/C12H12ClNS.ClH/c13-11-4-1-3-10(7-11)8-14-9-12-5-2-6-15-12;/h1-7,14H,8-9H2;1H/p-1. The van der Waals surface area contributed by atoms with Gasteiger partial charge >= 0.3 is 0 Å². The van der Waals surface area contributed by atoms with Crippen molar-refractivity contribution in [3.8, 4) is 0 Å². The summed E-state index contributed by atoms with van der Waals surface area (Å²) in [5, 5.41) is 6.27. The Hall–Kier alpha value is -0.540. The Morgan fingerprint density at radius 3 is 2.69 bits per heavy atom. The minimum absolute atomic E-state index is 0. The van der Waals surface area contributed by atoms with Crippen molar-refractivity contribution < 1.29 is 12.4 Å². The van der Waals surface area contributed by atoms with Crippen LogP contribution in [0.25, 0.3) is 0 Å². The van der Waals surface area contributed by atoms with E-state index in [1.165, 1.54) is 10.4 Å². The van der Waals surface area contributed by atoms with Crippen molar-refractivity contribution in [1.29, 1.82) is 0 Å². The Morgan fingerprint density at radius 1 is 1.12 bits per heavy atom. The third-order valence-electron chi connectivity index (χ3n) is 2.10. The first-order valence-electron chi connectivity index (χ1n) is 4.82. The summed E-state index contributed by atoms with van der Waals surface area (Å²) < 4.78 is 0. The van der Waals surface area contributed by atoms with Crippen molar-refractivity contribution in [2.75, 3.05) is 0 Å². The largest absolute Gasteiger partial charge is 1.00 e. The van der Waals surface area contributed by atoms with Crippen LogP contribution in [0.3, 0.4) is 0 Å². The number of halogens is 2. The third kappa shape index (κ3) is 4.14. The molecular weight excluding hydrogens is 261 g/mol. The van der Waals surface area contributed by atoms with Crippen LogP contribution in [0.15, 0.2) is 41.8 Å². The fraction of sp³-hybridized carbons (Fsp3) is 0.167. The quantitative estimate of drug-likeness (QED) is 0.864. The Kier molecular flexibility index (Phi) is 5.85. The zero-order chi connectivity index (χ0) is 10.5. The van der Waals surface area contributed by atoms with Gasteiger partial charge in [-0.2, -0.15) is 0 Å². The molecule has 0 unspecified atom stereocenters. The van der Waals surface area contributed by atoms with Crippen LogP contribution in [-0.4, -0.2) is 0 Å². The van der Waals surface area contributed by atoms with Crippen LogP contribution in [-0.2, 0) is 13.1 Å². The van der Waals surface area contributed by atoms with E-state index >= 15 is 0 Å². The molecule has 4 heteroatoms. The second-order valence-electron chi connectivity index (χ2n) is 3.31. The van der Waals surface area contributed by atoms with E-state index in [2.05, 4.69) is 28.9 Å². The number of hydrogen-bond acceptors (Lipinski definition) is 2. The summed E-state index contributed by atoms with van der Waals surface area (Å²) in [5.41, 5.74) is 1.22. The van der Waals surface area contributed by atoms with E-state index in [-0.39, 0.29) is 12.4 Å². The van der Waals surface area contributed by atoms with Crippen LogP contribution < -0.4 is 17.7 Å². The average Bonchev–Trinajstić information content (AvgIpc) is 2.71. The third-order valence-corrected chi connectivity index (χ3v) is 3.21. The second-order valence-corrected chi connectivity index (χ2v) is 4.78. The van der Waals surface area contributed by atoms with Gasteiger partial charge in [-0.1, -0.05) is 29.8 Å². The highest BCUT2D eigenvalue weighted by molar-refractivity contribution is 7.09. The monoisotopic (exact) mass is 272 g/mol. The molecule has 1 aromatic carbocycles. The van der Waals surface area contributed by atoms with E-state index in [4.69, 9.17) is 11.6 Å². The molecule has 0 aliphatic rings.